The Kier molecular flexibility index (Phi) is 6.15. The predicted molar refractivity (Wildman–Crippen MR) is 81.7 cm³/mol. The summed E-state index contributed by atoms with van der Waals surface area (Å²) in [5.74, 6) is -1.15. The van der Waals surface area contributed by atoms with E-state index in [1.165, 1.54) is 6.07 Å². The van der Waals surface area contributed by atoms with Gasteiger partial charge in [0.25, 0.3) is 5.91 Å². The fourth-order valence-electron chi connectivity index (χ4n) is 1.93. The molecule has 2 N–H and O–H groups in total. The number of nitrogens with one attached hydrogen (secondary N) is 1. The van der Waals surface area contributed by atoms with E-state index in [0.717, 1.165) is 18.5 Å². The highest BCUT2D eigenvalue weighted by Crippen LogP contribution is 2.16. The van der Waals surface area contributed by atoms with E-state index in [4.69, 9.17) is 16.7 Å². The van der Waals surface area contributed by atoms with Crippen molar-refractivity contribution < 1.29 is 14.7 Å². The van der Waals surface area contributed by atoms with Crippen molar-refractivity contribution in [2.45, 2.75) is 52.0 Å². The Morgan fingerprint density at radius 1 is 1.38 bits per heavy atom. The summed E-state index contributed by atoms with van der Waals surface area (Å²) < 4.78 is 0. The number of hydrogen-bond acceptors (Lipinski definition) is 3. The molecule has 5 nitrogen and oxygen atoms in total. The van der Waals surface area contributed by atoms with Crippen LogP contribution in [0.4, 0.5) is 0 Å². The lowest BCUT2D eigenvalue weighted by Crippen LogP contribution is -2.43. The molecular formula is C15H21ClN2O3. The number of carboxylic acid groups (broad SMARTS) is 1. The Labute approximate surface area is 129 Å². The van der Waals surface area contributed by atoms with Crippen LogP contribution in [0.5, 0.6) is 0 Å². The number of carbonyl (C=O) groups is 2. The summed E-state index contributed by atoms with van der Waals surface area (Å²) >= 11 is 5.93. The molecule has 1 heterocycles. The average Bonchev–Trinajstić information content (AvgIpc) is 2.36. The number of aromatic nitrogens is 1. The molecular weight excluding hydrogens is 292 g/mol. The van der Waals surface area contributed by atoms with E-state index < -0.39 is 11.5 Å². The van der Waals surface area contributed by atoms with Crippen LogP contribution in [0.15, 0.2) is 12.1 Å². The molecule has 21 heavy (non-hydrogen) atoms. The van der Waals surface area contributed by atoms with Crippen molar-refractivity contribution in [1.29, 1.82) is 0 Å². The van der Waals surface area contributed by atoms with Crippen molar-refractivity contribution >= 4 is 23.5 Å². The van der Waals surface area contributed by atoms with Gasteiger partial charge in [0.1, 0.15) is 5.15 Å². The summed E-state index contributed by atoms with van der Waals surface area (Å²) in [6.07, 6.45) is 2.03. The quantitative estimate of drug-likeness (QED) is 0.758. The molecule has 0 aliphatic rings. The summed E-state index contributed by atoms with van der Waals surface area (Å²) in [5.41, 5.74) is 0.621. The van der Waals surface area contributed by atoms with Gasteiger partial charge in [0.2, 0.25) is 0 Å². The molecule has 1 amide bonds. The maximum atomic E-state index is 12.3. The lowest BCUT2D eigenvalue weighted by molar-refractivity contribution is -0.137. The van der Waals surface area contributed by atoms with E-state index in [1.807, 2.05) is 6.92 Å². The van der Waals surface area contributed by atoms with E-state index in [9.17, 15) is 9.59 Å². The first-order valence-electron chi connectivity index (χ1n) is 6.94. The molecule has 0 atom stereocenters. The molecule has 1 aromatic rings. The van der Waals surface area contributed by atoms with Gasteiger partial charge >= 0.3 is 5.97 Å². The third-order valence-electron chi connectivity index (χ3n) is 3.03. The van der Waals surface area contributed by atoms with Crippen LogP contribution >= 0.6 is 11.6 Å². The zero-order chi connectivity index (χ0) is 16.0. The van der Waals surface area contributed by atoms with Gasteiger partial charge in [-0.1, -0.05) is 24.9 Å². The number of carbonyl (C=O) groups excluding carboxylic acids is 1. The molecule has 0 saturated heterocycles. The normalized spacial score (nSPS) is 11.2. The van der Waals surface area contributed by atoms with Gasteiger partial charge in [-0.3, -0.25) is 9.59 Å². The fourth-order valence-corrected chi connectivity index (χ4v) is 2.15. The Bertz CT molecular complexity index is 530. The highest BCUT2D eigenvalue weighted by atomic mass is 35.5. The van der Waals surface area contributed by atoms with E-state index in [1.54, 1.807) is 19.9 Å². The number of halogens is 1. The number of aryl methyl sites for hydroxylation is 1. The van der Waals surface area contributed by atoms with Crippen LogP contribution in [0.2, 0.25) is 5.15 Å². The van der Waals surface area contributed by atoms with Crippen LogP contribution in [-0.2, 0) is 11.2 Å². The Morgan fingerprint density at radius 3 is 2.62 bits per heavy atom. The van der Waals surface area contributed by atoms with Crippen LogP contribution in [0, 0.1) is 0 Å². The van der Waals surface area contributed by atoms with Crippen LogP contribution in [0.3, 0.4) is 0 Å². The van der Waals surface area contributed by atoms with Gasteiger partial charge in [-0.15, -0.1) is 0 Å². The van der Waals surface area contributed by atoms with Crippen molar-refractivity contribution in [2.75, 3.05) is 0 Å². The van der Waals surface area contributed by atoms with Gasteiger partial charge in [-0.2, -0.15) is 0 Å². The molecule has 0 saturated carbocycles. The number of nitrogens with zero attached hydrogens (tertiary/aromatic N) is 1. The van der Waals surface area contributed by atoms with Crippen molar-refractivity contribution in [3.8, 4) is 0 Å². The maximum Gasteiger partial charge on any atom is 0.303 e. The monoisotopic (exact) mass is 312 g/mol. The summed E-state index contributed by atoms with van der Waals surface area (Å²) in [7, 11) is 0. The second kappa shape index (κ2) is 7.41. The largest absolute Gasteiger partial charge is 0.481 e. The van der Waals surface area contributed by atoms with E-state index in [-0.39, 0.29) is 17.5 Å². The number of amides is 1. The highest BCUT2D eigenvalue weighted by molar-refractivity contribution is 6.29. The lowest BCUT2D eigenvalue weighted by atomic mass is 9.97. The Hall–Kier alpha value is -1.62. The van der Waals surface area contributed by atoms with Crippen LogP contribution in [0.25, 0.3) is 0 Å². The minimum atomic E-state index is -0.880. The van der Waals surface area contributed by atoms with E-state index >= 15 is 0 Å². The molecule has 1 aromatic heterocycles. The average molecular weight is 313 g/mol. The summed E-state index contributed by atoms with van der Waals surface area (Å²) in [6.45, 7) is 5.62. The standard InChI is InChI=1S/C15H21ClN2O3/c1-4-5-11-8-10(9-12(16)17-11)14(21)18-15(2,3)7-6-13(19)20/h8-9H,4-7H2,1-3H3,(H,18,21)(H,19,20). The molecule has 0 aliphatic heterocycles. The highest BCUT2D eigenvalue weighted by Gasteiger charge is 2.22. The third-order valence-corrected chi connectivity index (χ3v) is 3.22. The summed E-state index contributed by atoms with van der Waals surface area (Å²) in [6, 6.07) is 3.24. The molecule has 0 aliphatic carbocycles. The molecule has 0 unspecified atom stereocenters. The van der Waals surface area contributed by atoms with Gasteiger partial charge in [-0.25, -0.2) is 4.98 Å². The molecule has 0 fully saturated rings. The van der Waals surface area contributed by atoms with Gasteiger partial charge in [-0.05, 0) is 38.8 Å². The van der Waals surface area contributed by atoms with Crippen LogP contribution in [0.1, 0.15) is 56.1 Å². The Morgan fingerprint density at radius 2 is 2.05 bits per heavy atom. The molecule has 116 valence electrons. The van der Waals surface area contributed by atoms with Crippen molar-refractivity contribution in [3.05, 3.63) is 28.5 Å². The van der Waals surface area contributed by atoms with Crippen molar-refractivity contribution in [1.82, 2.24) is 10.3 Å². The van der Waals surface area contributed by atoms with Gasteiger partial charge in [0, 0.05) is 23.2 Å². The molecule has 0 spiro atoms. The van der Waals surface area contributed by atoms with Gasteiger partial charge in [0.15, 0.2) is 0 Å². The number of hydrogen-bond donors (Lipinski definition) is 2. The first-order valence-corrected chi connectivity index (χ1v) is 7.32. The zero-order valence-electron chi connectivity index (χ0n) is 12.6. The number of rotatable bonds is 7. The zero-order valence-corrected chi connectivity index (χ0v) is 13.3. The second-order valence-corrected chi connectivity index (χ2v) is 6.04. The van der Waals surface area contributed by atoms with Crippen molar-refractivity contribution in [3.63, 3.8) is 0 Å². The molecule has 0 aromatic carbocycles. The van der Waals surface area contributed by atoms with Gasteiger partial charge < -0.3 is 10.4 Å². The first kappa shape index (κ1) is 17.4. The minimum Gasteiger partial charge on any atom is -0.481 e. The van der Waals surface area contributed by atoms with E-state index in [0.29, 0.717) is 12.0 Å². The van der Waals surface area contributed by atoms with Crippen LogP contribution < -0.4 is 5.32 Å². The molecule has 1 rings (SSSR count). The summed E-state index contributed by atoms with van der Waals surface area (Å²) in [5, 5.41) is 11.8. The maximum absolute atomic E-state index is 12.3. The fraction of sp³-hybridized carbons (Fsp3) is 0.533. The topological polar surface area (TPSA) is 79.3 Å². The molecule has 0 bridgehead atoms. The number of aliphatic carboxylic acids is 1. The Balaban J connectivity index is 2.81. The molecule has 6 heteroatoms. The SMILES string of the molecule is CCCc1cc(C(=O)NC(C)(C)CCC(=O)O)cc(Cl)n1. The van der Waals surface area contributed by atoms with Crippen LogP contribution in [-0.4, -0.2) is 27.5 Å². The first-order chi connectivity index (χ1) is 9.73. The number of pyridine rings is 1. The minimum absolute atomic E-state index is 0.00542. The second-order valence-electron chi connectivity index (χ2n) is 5.65. The molecule has 0 radical (unpaired) electrons. The predicted octanol–water partition coefficient (Wildman–Crippen LogP) is 3.06. The van der Waals surface area contributed by atoms with Crippen molar-refractivity contribution in [2.24, 2.45) is 0 Å². The number of carboxylic acids is 1. The van der Waals surface area contributed by atoms with Gasteiger partial charge in [0.05, 0.1) is 0 Å². The smallest absolute Gasteiger partial charge is 0.303 e. The third kappa shape index (κ3) is 6.12. The lowest BCUT2D eigenvalue weighted by Gasteiger charge is -2.25. The van der Waals surface area contributed by atoms with E-state index in [2.05, 4.69) is 10.3 Å². The summed E-state index contributed by atoms with van der Waals surface area (Å²) in [4.78, 5) is 27.1.